The number of methoxy groups -OCH3 is 1. The van der Waals surface area contributed by atoms with Crippen LogP contribution in [-0.4, -0.2) is 34.8 Å². The van der Waals surface area contributed by atoms with E-state index in [0.717, 1.165) is 6.07 Å². The summed E-state index contributed by atoms with van der Waals surface area (Å²) in [5, 5.41) is 29.0. The van der Waals surface area contributed by atoms with Crippen LogP contribution in [-0.2, 0) is 0 Å². The zero-order valence-corrected chi connectivity index (χ0v) is 11.7. The summed E-state index contributed by atoms with van der Waals surface area (Å²) < 4.78 is 10.5. The molecule has 3 N–H and O–H groups in total. The summed E-state index contributed by atoms with van der Waals surface area (Å²) in [7, 11) is 1.42. The standard InChI is InChI=1S/C16H14O6/c1-21-13-4-8(2-3-11(13)18)10-7-22-14-6-9(17)5-12(19)15(14)16(10)20/h2-6,10,17-19H,7H2,1H3/t10-/m1/s1. The fraction of sp³-hybridized carbons (Fsp3) is 0.188. The summed E-state index contributed by atoms with van der Waals surface area (Å²) in [6, 6.07) is 6.99. The monoisotopic (exact) mass is 302 g/mol. The van der Waals surface area contributed by atoms with Gasteiger partial charge >= 0.3 is 0 Å². The number of phenols is 3. The van der Waals surface area contributed by atoms with E-state index in [1.54, 1.807) is 12.1 Å². The summed E-state index contributed by atoms with van der Waals surface area (Å²) in [6.07, 6.45) is 0. The number of fused-ring (bicyclic) bond motifs is 1. The molecule has 1 atom stereocenters. The van der Waals surface area contributed by atoms with Crippen LogP contribution in [0.3, 0.4) is 0 Å². The highest BCUT2D eigenvalue weighted by atomic mass is 16.5. The third kappa shape index (κ3) is 2.18. The maximum Gasteiger partial charge on any atom is 0.181 e. The van der Waals surface area contributed by atoms with Crippen molar-refractivity contribution in [1.82, 2.24) is 0 Å². The second kappa shape index (κ2) is 5.14. The molecule has 0 saturated heterocycles. The molecular weight excluding hydrogens is 288 g/mol. The summed E-state index contributed by atoms with van der Waals surface area (Å²) in [6.45, 7) is 0.0721. The lowest BCUT2D eigenvalue weighted by molar-refractivity contribution is 0.0892. The highest BCUT2D eigenvalue weighted by Crippen LogP contribution is 2.41. The molecule has 1 aliphatic heterocycles. The van der Waals surface area contributed by atoms with Gasteiger partial charge in [-0.3, -0.25) is 4.79 Å². The second-order valence-corrected chi connectivity index (χ2v) is 5.00. The van der Waals surface area contributed by atoms with Crippen molar-refractivity contribution in [3.05, 3.63) is 41.5 Å². The molecule has 0 fully saturated rings. The van der Waals surface area contributed by atoms with E-state index in [1.165, 1.54) is 19.2 Å². The predicted molar refractivity (Wildman–Crippen MR) is 77.0 cm³/mol. The lowest BCUT2D eigenvalue weighted by Gasteiger charge is -2.25. The Morgan fingerprint density at radius 3 is 2.64 bits per heavy atom. The van der Waals surface area contributed by atoms with Crippen LogP contribution in [0.2, 0.25) is 0 Å². The van der Waals surface area contributed by atoms with Crippen molar-refractivity contribution in [3.8, 4) is 28.7 Å². The van der Waals surface area contributed by atoms with Crippen LogP contribution in [0.25, 0.3) is 0 Å². The van der Waals surface area contributed by atoms with Crippen LogP contribution in [0.5, 0.6) is 28.7 Å². The highest BCUT2D eigenvalue weighted by molar-refractivity contribution is 6.06. The third-order valence-corrected chi connectivity index (χ3v) is 3.64. The third-order valence-electron chi connectivity index (χ3n) is 3.64. The van der Waals surface area contributed by atoms with Crippen molar-refractivity contribution in [2.75, 3.05) is 13.7 Å². The number of carbonyl (C=O) groups excluding carboxylic acids is 1. The Kier molecular flexibility index (Phi) is 3.29. The lowest BCUT2D eigenvalue weighted by Crippen LogP contribution is -2.26. The van der Waals surface area contributed by atoms with E-state index in [-0.39, 0.29) is 46.7 Å². The average molecular weight is 302 g/mol. The minimum atomic E-state index is -0.627. The molecule has 0 bridgehead atoms. The average Bonchev–Trinajstić information content (AvgIpc) is 2.47. The molecule has 2 aromatic rings. The number of hydrogen-bond donors (Lipinski definition) is 3. The van der Waals surface area contributed by atoms with Crippen LogP contribution < -0.4 is 9.47 Å². The number of rotatable bonds is 2. The van der Waals surface area contributed by atoms with Gasteiger partial charge in [-0.15, -0.1) is 0 Å². The lowest BCUT2D eigenvalue weighted by atomic mass is 9.88. The summed E-state index contributed by atoms with van der Waals surface area (Å²) in [4.78, 5) is 12.6. The second-order valence-electron chi connectivity index (χ2n) is 5.00. The van der Waals surface area contributed by atoms with Gasteiger partial charge in [-0.2, -0.15) is 0 Å². The molecule has 1 aliphatic rings. The van der Waals surface area contributed by atoms with Crippen molar-refractivity contribution in [1.29, 1.82) is 0 Å². The number of ketones is 1. The van der Waals surface area contributed by atoms with E-state index in [2.05, 4.69) is 0 Å². The Balaban J connectivity index is 2.03. The van der Waals surface area contributed by atoms with Crippen molar-refractivity contribution in [2.24, 2.45) is 0 Å². The number of Topliss-reactive ketones (excluding diaryl/α,β-unsaturated/α-hetero) is 1. The molecule has 0 spiro atoms. The van der Waals surface area contributed by atoms with Crippen LogP contribution in [0.1, 0.15) is 21.8 Å². The van der Waals surface area contributed by atoms with Gasteiger partial charge in [-0.1, -0.05) is 6.07 Å². The van der Waals surface area contributed by atoms with Gasteiger partial charge in [0.2, 0.25) is 0 Å². The topological polar surface area (TPSA) is 96.2 Å². The Bertz CT molecular complexity index is 753. The van der Waals surface area contributed by atoms with E-state index >= 15 is 0 Å². The number of carbonyl (C=O) groups is 1. The first kappa shape index (κ1) is 14.1. The van der Waals surface area contributed by atoms with Crippen molar-refractivity contribution < 1.29 is 29.6 Å². The van der Waals surface area contributed by atoms with Crippen LogP contribution >= 0.6 is 0 Å². The summed E-state index contributed by atoms with van der Waals surface area (Å²) >= 11 is 0. The normalized spacial score (nSPS) is 16.8. The van der Waals surface area contributed by atoms with Crippen molar-refractivity contribution in [3.63, 3.8) is 0 Å². The van der Waals surface area contributed by atoms with Crippen LogP contribution in [0, 0.1) is 0 Å². The van der Waals surface area contributed by atoms with E-state index in [0.29, 0.717) is 5.56 Å². The number of ether oxygens (including phenoxy) is 2. The van der Waals surface area contributed by atoms with E-state index in [1.807, 2.05) is 0 Å². The Hall–Kier alpha value is -2.89. The maximum atomic E-state index is 12.6. The highest BCUT2D eigenvalue weighted by Gasteiger charge is 2.33. The molecule has 0 unspecified atom stereocenters. The molecule has 3 rings (SSSR count). The first-order valence-electron chi connectivity index (χ1n) is 6.61. The van der Waals surface area contributed by atoms with E-state index < -0.39 is 5.92 Å². The Labute approximate surface area is 126 Å². The number of aromatic hydroxyl groups is 3. The molecule has 6 nitrogen and oxygen atoms in total. The van der Waals surface area contributed by atoms with Gasteiger partial charge in [-0.25, -0.2) is 0 Å². The summed E-state index contributed by atoms with van der Waals surface area (Å²) in [5.74, 6) is -1.05. The minimum Gasteiger partial charge on any atom is -0.508 e. The number of hydrogen-bond acceptors (Lipinski definition) is 6. The number of benzene rings is 2. The molecule has 0 aliphatic carbocycles. The largest absolute Gasteiger partial charge is 0.508 e. The van der Waals surface area contributed by atoms with Crippen LogP contribution in [0.4, 0.5) is 0 Å². The SMILES string of the molecule is COc1cc([C@H]2COc3cc(O)cc(O)c3C2=O)ccc1O. The zero-order valence-electron chi connectivity index (χ0n) is 11.7. The minimum absolute atomic E-state index is 0.0244. The van der Waals surface area contributed by atoms with Gasteiger partial charge in [0, 0.05) is 12.1 Å². The molecule has 6 heteroatoms. The van der Waals surface area contributed by atoms with Gasteiger partial charge < -0.3 is 24.8 Å². The van der Waals surface area contributed by atoms with Crippen molar-refractivity contribution in [2.45, 2.75) is 5.92 Å². The maximum absolute atomic E-state index is 12.6. The van der Waals surface area contributed by atoms with Gasteiger partial charge in [0.05, 0.1) is 13.0 Å². The van der Waals surface area contributed by atoms with Crippen LogP contribution in [0.15, 0.2) is 30.3 Å². The molecule has 0 amide bonds. The molecule has 0 saturated carbocycles. The molecule has 0 aromatic heterocycles. The predicted octanol–water partition coefficient (Wildman–Crippen LogP) is 2.17. The van der Waals surface area contributed by atoms with Gasteiger partial charge in [0.25, 0.3) is 0 Å². The first-order chi connectivity index (χ1) is 10.5. The smallest absolute Gasteiger partial charge is 0.181 e. The fourth-order valence-electron chi connectivity index (χ4n) is 2.53. The van der Waals surface area contributed by atoms with Gasteiger partial charge in [0.15, 0.2) is 17.3 Å². The Morgan fingerprint density at radius 2 is 1.91 bits per heavy atom. The van der Waals surface area contributed by atoms with E-state index in [9.17, 15) is 20.1 Å². The van der Waals surface area contributed by atoms with Gasteiger partial charge in [0.1, 0.15) is 29.4 Å². The molecule has 114 valence electrons. The fourth-order valence-corrected chi connectivity index (χ4v) is 2.53. The Morgan fingerprint density at radius 1 is 1.14 bits per heavy atom. The van der Waals surface area contributed by atoms with E-state index in [4.69, 9.17) is 9.47 Å². The molecule has 1 heterocycles. The summed E-state index contributed by atoms with van der Waals surface area (Å²) in [5.41, 5.74) is 0.652. The molecular formula is C16H14O6. The quantitative estimate of drug-likeness (QED) is 0.787. The molecule has 2 aromatic carbocycles. The number of phenolic OH excluding ortho intramolecular Hbond substituents is 3. The van der Waals surface area contributed by atoms with Crippen molar-refractivity contribution >= 4 is 5.78 Å². The zero-order chi connectivity index (χ0) is 15.9. The molecule has 22 heavy (non-hydrogen) atoms. The van der Waals surface area contributed by atoms with Gasteiger partial charge in [-0.05, 0) is 17.7 Å². The molecule has 0 radical (unpaired) electrons. The first-order valence-corrected chi connectivity index (χ1v) is 6.61.